The first-order chi connectivity index (χ1) is 15.7. The van der Waals surface area contributed by atoms with E-state index in [9.17, 15) is 14.7 Å². The molecule has 33 heavy (non-hydrogen) atoms. The average molecular weight is 462 g/mol. The number of aromatic hydroxyl groups is 1. The van der Waals surface area contributed by atoms with E-state index in [2.05, 4.69) is 18.7 Å². The fourth-order valence-electron chi connectivity index (χ4n) is 4.52. The van der Waals surface area contributed by atoms with E-state index in [4.69, 9.17) is 18.9 Å². The number of carbonyl (C=O) groups excluding carboxylic acids is 2. The molecule has 2 heterocycles. The number of nitrogens with zero attached hydrogens (tertiary/aromatic N) is 1. The molecule has 1 aromatic rings. The zero-order valence-electron chi connectivity index (χ0n) is 20.2. The first kappa shape index (κ1) is 25.1. The van der Waals surface area contributed by atoms with Gasteiger partial charge in [-0.05, 0) is 46.1 Å². The van der Waals surface area contributed by atoms with Crippen LogP contribution in [-0.2, 0) is 32.0 Å². The van der Waals surface area contributed by atoms with Crippen molar-refractivity contribution in [1.82, 2.24) is 4.90 Å². The van der Waals surface area contributed by atoms with Crippen LogP contribution in [0.1, 0.15) is 60.7 Å². The van der Waals surface area contributed by atoms with E-state index in [1.165, 1.54) is 7.11 Å². The normalized spacial score (nSPS) is 21.0. The van der Waals surface area contributed by atoms with Gasteiger partial charge in [0.1, 0.15) is 18.8 Å². The van der Waals surface area contributed by atoms with Gasteiger partial charge in [-0.3, -0.25) is 9.69 Å². The fourth-order valence-corrected chi connectivity index (χ4v) is 4.52. The predicted molar refractivity (Wildman–Crippen MR) is 123 cm³/mol. The van der Waals surface area contributed by atoms with Gasteiger partial charge in [-0.15, -0.1) is 0 Å². The summed E-state index contributed by atoms with van der Waals surface area (Å²) >= 11 is 0. The van der Waals surface area contributed by atoms with Crippen LogP contribution in [0.3, 0.4) is 0 Å². The molecular formula is C25H35NO7. The van der Waals surface area contributed by atoms with Crippen molar-refractivity contribution in [2.24, 2.45) is 0 Å². The minimum Gasteiger partial charge on any atom is -0.504 e. The number of phenolic OH excluding ortho intramolecular Hbond substituents is 1. The van der Waals surface area contributed by atoms with Crippen LogP contribution in [0.4, 0.5) is 0 Å². The molecule has 2 unspecified atom stereocenters. The van der Waals surface area contributed by atoms with Crippen molar-refractivity contribution in [2.75, 3.05) is 33.4 Å². The first-order valence-corrected chi connectivity index (χ1v) is 11.5. The van der Waals surface area contributed by atoms with Gasteiger partial charge in [-0.25, -0.2) is 4.79 Å². The van der Waals surface area contributed by atoms with Gasteiger partial charge >= 0.3 is 11.9 Å². The lowest BCUT2D eigenvalue weighted by Crippen LogP contribution is -2.46. The summed E-state index contributed by atoms with van der Waals surface area (Å²) in [6.07, 6.45) is 3.81. The number of rotatable bonds is 9. The standard InChI is InChI=1S/C25H35NO7/c1-15(7-9-21(27)31-11-10-26-12-16(2)33-17(3)13-26)6-8-19-18(4)20-14-32-25(29)22(20)23(28)24(19)30-5/h6,16-17,28H,7-14H2,1-5H3/b15-6+. The van der Waals surface area contributed by atoms with Gasteiger partial charge in [-0.1, -0.05) is 11.6 Å². The van der Waals surface area contributed by atoms with E-state index in [-0.39, 0.29) is 36.1 Å². The molecular weight excluding hydrogens is 426 g/mol. The summed E-state index contributed by atoms with van der Waals surface area (Å²) in [6, 6.07) is 0. The number of benzene rings is 1. The van der Waals surface area contributed by atoms with Gasteiger partial charge in [0.15, 0.2) is 11.5 Å². The van der Waals surface area contributed by atoms with Gasteiger partial charge in [0.05, 0.1) is 19.3 Å². The average Bonchev–Trinajstić information content (AvgIpc) is 3.15. The van der Waals surface area contributed by atoms with Gasteiger partial charge in [0.2, 0.25) is 0 Å². The van der Waals surface area contributed by atoms with Crippen molar-refractivity contribution in [2.45, 2.75) is 65.8 Å². The van der Waals surface area contributed by atoms with E-state index in [1.54, 1.807) is 0 Å². The van der Waals surface area contributed by atoms with Crippen LogP contribution in [0.5, 0.6) is 11.5 Å². The van der Waals surface area contributed by atoms with Gasteiger partial charge in [0.25, 0.3) is 0 Å². The van der Waals surface area contributed by atoms with Crippen LogP contribution in [0.15, 0.2) is 11.6 Å². The molecule has 1 aromatic carbocycles. The minimum absolute atomic E-state index is 0.154. The Kier molecular flexibility index (Phi) is 8.37. The van der Waals surface area contributed by atoms with Crippen molar-refractivity contribution in [3.63, 3.8) is 0 Å². The third kappa shape index (κ3) is 6.06. The highest BCUT2D eigenvalue weighted by atomic mass is 16.5. The van der Waals surface area contributed by atoms with Crippen LogP contribution in [0.25, 0.3) is 0 Å². The van der Waals surface area contributed by atoms with Gasteiger partial charge in [0, 0.05) is 37.2 Å². The topological polar surface area (TPSA) is 94.5 Å². The number of phenols is 1. The highest BCUT2D eigenvalue weighted by Gasteiger charge is 2.32. The molecule has 0 saturated carbocycles. The zero-order valence-corrected chi connectivity index (χ0v) is 20.2. The summed E-state index contributed by atoms with van der Waals surface area (Å²) in [7, 11) is 1.47. The van der Waals surface area contributed by atoms with Crippen LogP contribution >= 0.6 is 0 Å². The number of morpholine rings is 1. The van der Waals surface area contributed by atoms with E-state index < -0.39 is 5.97 Å². The molecule has 0 aliphatic carbocycles. The minimum atomic E-state index is -0.529. The number of esters is 2. The third-order valence-electron chi connectivity index (χ3n) is 6.23. The number of fused-ring (bicyclic) bond motifs is 1. The number of ether oxygens (including phenoxy) is 4. The van der Waals surface area contributed by atoms with Gasteiger partial charge < -0.3 is 24.1 Å². The van der Waals surface area contributed by atoms with E-state index in [0.29, 0.717) is 43.7 Å². The van der Waals surface area contributed by atoms with Crippen molar-refractivity contribution in [1.29, 1.82) is 0 Å². The molecule has 2 atom stereocenters. The van der Waals surface area contributed by atoms with Crippen molar-refractivity contribution >= 4 is 11.9 Å². The molecule has 2 aliphatic heterocycles. The molecule has 8 nitrogen and oxygen atoms in total. The maximum absolute atomic E-state index is 12.2. The number of allylic oxidation sites excluding steroid dienone is 2. The second kappa shape index (κ2) is 11.0. The fraction of sp³-hybridized carbons (Fsp3) is 0.600. The molecule has 3 rings (SSSR count). The maximum atomic E-state index is 12.2. The number of hydrogen-bond donors (Lipinski definition) is 1. The van der Waals surface area contributed by atoms with Crippen LogP contribution in [0, 0.1) is 6.92 Å². The monoisotopic (exact) mass is 461 g/mol. The molecule has 1 saturated heterocycles. The zero-order chi connectivity index (χ0) is 24.1. The summed E-state index contributed by atoms with van der Waals surface area (Å²) in [5, 5.41) is 10.5. The molecule has 0 bridgehead atoms. The summed E-state index contributed by atoms with van der Waals surface area (Å²) in [5.41, 5.74) is 3.62. The quantitative estimate of drug-likeness (QED) is 0.442. The molecule has 0 radical (unpaired) electrons. The Labute approximate surface area is 195 Å². The van der Waals surface area contributed by atoms with Crippen molar-refractivity contribution in [3.8, 4) is 11.5 Å². The second-order valence-corrected chi connectivity index (χ2v) is 8.91. The largest absolute Gasteiger partial charge is 0.504 e. The Bertz CT molecular complexity index is 914. The predicted octanol–water partition coefficient (Wildman–Crippen LogP) is 3.30. The molecule has 182 valence electrons. The van der Waals surface area contributed by atoms with E-state index in [0.717, 1.165) is 29.8 Å². The third-order valence-corrected chi connectivity index (χ3v) is 6.23. The number of hydrogen-bond acceptors (Lipinski definition) is 8. The van der Waals surface area contributed by atoms with Crippen LogP contribution in [0.2, 0.25) is 0 Å². The lowest BCUT2D eigenvalue weighted by atomic mass is 9.93. The maximum Gasteiger partial charge on any atom is 0.342 e. The summed E-state index contributed by atoms with van der Waals surface area (Å²) < 4.78 is 21.6. The lowest BCUT2D eigenvalue weighted by molar-refractivity contribution is -0.144. The van der Waals surface area contributed by atoms with Crippen LogP contribution < -0.4 is 4.74 Å². The Balaban J connectivity index is 1.50. The highest BCUT2D eigenvalue weighted by Crippen LogP contribution is 2.42. The second-order valence-electron chi connectivity index (χ2n) is 8.91. The van der Waals surface area contributed by atoms with Gasteiger partial charge in [-0.2, -0.15) is 0 Å². The Morgan fingerprint density at radius 2 is 1.94 bits per heavy atom. The lowest BCUT2D eigenvalue weighted by Gasteiger charge is -2.35. The molecule has 2 aliphatic rings. The summed E-state index contributed by atoms with van der Waals surface area (Å²) in [5.74, 6) is -0.621. The Morgan fingerprint density at radius 3 is 2.61 bits per heavy atom. The van der Waals surface area contributed by atoms with Crippen molar-refractivity contribution in [3.05, 3.63) is 33.9 Å². The molecule has 8 heteroatoms. The number of carbonyl (C=O) groups is 2. The molecule has 0 aromatic heterocycles. The van der Waals surface area contributed by atoms with Crippen molar-refractivity contribution < 1.29 is 33.6 Å². The molecule has 0 amide bonds. The number of cyclic esters (lactones) is 1. The molecule has 1 N–H and O–H groups in total. The number of methoxy groups -OCH3 is 1. The Hall–Kier alpha value is -2.58. The SMILES string of the molecule is COc1c(O)c2c(c(C)c1C/C=C(\C)CCC(=O)OCCN1CC(C)OC(C)C1)COC2=O. The first-order valence-electron chi connectivity index (χ1n) is 11.5. The van der Waals surface area contributed by atoms with E-state index >= 15 is 0 Å². The molecule has 0 spiro atoms. The highest BCUT2D eigenvalue weighted by molar-refractivity contribution is 5.98. The Morgan fingerprint density at radius 1 is 1.24 bits per heavy atom. The summed E-state index contributed by atoms with van der Waals surface area (Å²) in [4.78, 5) is 26.3. The summed E-state index contributed by atoms with van der Waals surface area (Å²) in [6.45, 7) is 10.9. The van der Waals surface area contributed by atoms with E-state index in [1.807, 2.05) is 19.9 Å². The molecule has 1 fully saturated rings. The van der Waals surface area contributed by atoms with Crippen LogP contribution in [-0.4, -0.2) is 67.5 Å². The smallest absolute Gasteiger partial charge is 0.342 e.